The molecule has 0 spiro atoms. The van der Waals surface area contributed by atoms with E-state index in [2.05, 4.69) is 20.5 Å². The maximum Gasteiger partial charge on any atom is 0.255 e. The summed E-state index contributed by atoms with van der Waals surface area (Å²) >= 11 is 5.82. The minimum atomic E-state index is -0.182. The van der Waals surface area contributed by atoms with Gasteiger partial charge < -0.3 is 5.32 Å². The molecule has 0 fully saturated rings. The van der Waals surface area contributed by atoms with Crippen LogP contribution in [0.15, 0.2) is 79.4 Å². The number of nitrogens with one attached hydrogen (secondary N) is 1. The lowest BCUT2D eigenvalue weighted by molar-refractivity contribution is 0.102. The van der Waals surface area contributed by atoms with Crippen molar-refractivity contribution in [1.82, 2.24) is 24.4 Å². The first-order valence-corrected chi connectivity index (χ1v) is 10.6. The predicted molar refractivity (Wildman–Crippen MR) is 124 cm³/mol. The number of benzene rings is 2. The summed E-state index contributed by atoms with van der Waals surface area (Å²) in [4.78, 5) is 17.0. The highest BCUT2D eigenvalue weighted by Crippen LogP contribution is 2.24. The molecule has 1 N–H and O–H groups in total. The molecule has 7 nitrogen and oxygen atoms in total. The second-order valence-corrected chi connectivity index (χ2v) is 7.66. The molecule has 0 atom stereocenters. The van der Waals surface area contributed by atoms with Crippen LogP contribution in [0.5, 0.6) is 0 Å². The van der Waals surface area contributed by atoms with E-state index in [-0.39, 0.29) is 5.91 Å². The standard InChI is InChI=1S/C24H19ClN6O/c1-16-4-9-20(29-24(32)18-7-5-17(12-25)6-8-18)11-21(16)30-15-19(13-28-30)22-14-26-23-3-2-10-27-31(22)23/h2-11,13-15H,12H2,1H3,(H,29,32). The number of rotatable bonds is 5. The zero-order valence-electron chi connectivity index (χ0n) is 17.2. The van der Waals surface area contributed by atoms with Crippen molar-refractivity contribution < 1.29 is 4.79 Å². The normalized spacial score (nSPS) is 11.1. The number of carbonyl (C=O) groups is 1. The first kappa shape index (κ1) is 20.0. The van der Waals surface area contributed by atoms with Gasteiger partial charge in [0.2, 0.25) is 0 Å². The molecule has 1 amide bonds. The second-order valence-electron chi connectivity index (χ2n) is 7.40. The Morgan fingerprint density at radius 3 is 2.72 bits per heavy atom. The minimum Gasteiger partial charge on any atom is -0.322 e. The van der Waals surface area contributed by atoms with Crippen LogP contribution in [-0.2, 0) is 5.88 Å². The van der Waals surface area contributed by atoms with Crippen LogP contribution in [0.4, 0.5) is 5.69 Å². The summed E-state index contributed by atoms with van der Waals surface area (Å²) in [5, 5.41) is 11.9. The summed E-state index contributed by atoms with van der Waals surface area (Å²) in [6, 6.07) is 16.7. The van der Waals surface area contributed by atoms with E-state index in [9.17, 15) is 4.79 Å². The number of anilines is 1. The van der Waals surface area contributed by atoms with Gasteiger partial charge in [0.1, 0.15) is 0 Å². The summed E-state index contributed by atoms with van der Waals surface area (Å²) in [6.07, 6.45) is 7.21. The third-order valence-corrected chi connectivity index (χ3v) is 5.55. The number of alkyl halides is 1. The van der Waals surface area contributed by atoms with Crippen molar-refractivity contribution in [2.75, 3.05) is 5.32 Å². The van der Waals surface area contributed by atoms with E-state index >= 15 is 0 Å². The fourth-order valence-corrected chi connectivity index (χ4v) is 3.67. The van der Waals surface area contributed by atoms with Gasteiger partial charge in [-0.05, 0) is 54.4 Å². The number of nitrogens with zero attached hydrogens (tertiary/aromatic N) is 5. The van der Waals surface area contributed by atoms with Crippen LogP contribution >= 0.6 is 11.6 Å². The number of aromatic nitrogens is 5. The molecule has 3 aromatic heterocycles. The summed E-state index contributed by atoms with van der Waals surface area (Å²) < 4.78 is 3.57. The number of hydrogen-bond donors (Lipinski definition) is 1. The Balaban J connectivity index is 1.42. The summed E-state index contributed by atoms with van der Waals surface area (Å²) in [6.45, 7) is 2.00. The third-order valence-electron chi connectivity index (χ3n) is 5.24. The fraction of sp³-hybridized carbons (Fsp3) is 0.0833. The molecule has 0 aliphatic carbocycles. The molecule has 32 heavy (non-hydrogen) atoms. The van der Waals surface area contributed by atoms with E-state index in [0.717, 1.165) is 33.7 Å². The maximum atomic E-state index is 12.6. The van der Waals surface area contributed by atoms with Gasteiger partial charge in [0.05, 0.1) is 23.8 Å². The van der Waals surface area contributed by atoms with Crippen LogP contribution in [0.2, 0.25) is 0 Å². The number of imidazole rings is 1. The fourth-order valence-electron chi connectivity index (χ4n) is 3.50. The first-order chi connectivity index (χ1) is 15.6. The zero-order valence-corrected chi connectivity index (χ0v) is 18.0. The van der Waals surface area contributed by atoms with Gasteiger partial charge in [-0.3, -0.25) is 4.79 Å². The van der Waals surface area contributed by atoms with Gasteiger partial charge in [0.15, 0.2) is 5.65 Å². The highest BCUT2D eigenvalue weighted by atomic mass is 35.5. The highest BCUT2D eigenvalue weighted by molar-refractivity contribution is 6.17. The van der Waals surface area contributed by atoms with Crippen molar-refractivity contribution in [2.45, 2.75) is 12.8 Å². The third kappa shape index (κ3) is 3.74. The Hall–Kier alpha value is -3.97. The van der Waals surface area contributed by atoms with Crippen LogP contribution in [0.1, 0.15) is 21.5 Å². The molecule has 0 bridgehead atoms. The molecular formula is C24H19ClN6O. The quantitative estimate of drug-likeness (QED) is 0.393. The summed E-state index contributed by atoms with van der Waals surface area (Å²) in [7, 11) is 0. The minimum absolute atomic E-state index is 0.182. The maximum absolute atomic E-state index is 12.6. The average Bonchev–Trinajstić information content (AvgIpc) is 3.47. The number of halogens is 1. The molecule has 0 saturated carbocycles. The van der Waals surface area contributed by atoms with Crippen LogP contribution in [-0.4, -0.2) is 30.3 Å². The first-order valence-electron chi connectivity index (χ1n) is 10.0. The SMILES string of the molecule is Cc1ccc(NC(=O)c2ccc(CCl)cc2)cc1-n1cc(-c2cnc3cccnn23)cn1. The Kier molecular flexibility index (Phi) is 5.17. The lowest BCUT2D eigenvalue weighted by atomic mass is 10.1. The van der Waals surface area contributed by atoms with Gasteiger partial charge in [0.25, 0.3) is 5.91 Å². The van der Waals surface area contributed by atoms with Crippen molar-refractivity contribution in [3.63, 3.8) is 0 Å². The lowest BCUT2D eigenvalue weighted by Crippen LogP contribution is -2.12. The Morgan fingerprint density at radius 1 is 1.06 bits per heavy atom. The molecule has 0 aliphatic rings. The van der Waals surface area contributed by atoms with Crippen molar-refractivity contribution in [3.8, 4) is 16.9 Å². The van der Waals surface area contributed by atoms with Crippen molar-refractivity contribution >= 4 is 28.8 Å². The lowest BCUT2D eigenvalue weighted by Gasteiger charge is -2.11. The highest BCUT2D eigenvalue weighted by Gasteiger charge is 2.12. The number of fused-ring (bicyclic) bond motifs is 1. The molecule has 8 heteroatoms. The van der Waals surface area contributed by atoms with Crippen molar-refractivity contribution in [2.24, 2.45) is 0 Å². The topological polar surface area (TPSA) is 77.1 Å². The summed E-state index contributed by atoms with van der Waals surface area (Å²) in [5.41, 5.74) is 6.65. The van der Waals surface area contributed by atoms with Gasteiger partial charge in [-0.1, -0.05) is 18.2 Å². The van der Waals surface area contributed by atoms with Crippen LogP contribution in [0, 0.1) is 6.92 Å². The molecule has 158 valence electrons. The zero-order chi connectivity index (χ0) is 22.1. The van der Waals surface area contributed by atoms with Crippen LogP contribution in [0.3, 0.4) is 0 Å². The number of hydrogen-bond acceptors (Lipinski definition) is 4. The molecule has 0 unspecified atom stereocenters. The Labute approximate surface area is 189 Å². The monoisotopic (exact) mass is 442 g/mol. The molecule has 0 radical (unpaired) electrons. The van der Waals surface area contributed by atoms with Gasteiger partial charge in [-0.2, -0.15) is 10.2 Å². The molecule has 3 heterocycles. The largest absolute Gasteiger partial charge is 0.322 e. The average molecular weight is 443 g/mol. The van der Waals surface area contributed by atoms with Crippen LogP contribution < -0.4 is 5.32 Å². The van der Waals surface area contributed by atoms with Crippen LogP contribution in [0.25, 0.3) is 22.6 Å². The molecule has 5 rings (SSSR count). The number of amides is 1. The van der Waals surface area contributed by atoms with Crippen molar-refractivity contribution in [1.29, 1.82) is 0 Å². The van der Waals surface area contributed by atoms with E-state index in [1.165, 1.54) is 0 Å². The van der Waals surface area contributed by atoms with E-state index in [0.29, 0.717) is 17.1 Å². The summed E-state index contributed by atoms with van der Waals surface area (Å²) in [5.74, 6) is 0.235. The smallest absolute Gasteiger partial charge is 0.255 e. The second kappa shape index (κ2) is 8.28. The van der Waals surface area contributed by atoms with E-state index in [4.69, 9.17) is 11.6 Å². The number of carbonyl (C=O) groups excluding carboxylic acids is 1. The van der Waals surface area contributed by atoms with Gasteiger partial charge in [-0.25, -0.2) is 14.2 Å². The van der Waals surface area contributed by atoms with E-state index < -0.39 is 0 Å². The van der Waals surface area contributed by atoms with E-state index in [1.807, 2.05) is 55.6 Å². The molecule has 2 aromatic carbocycles. The molecule has 0 saturated heterocycles. The number of aryl methyl sites for hydroxylation is 1. The van der Waals surface area contributed by atoms with Gasteiger partial charge in [0, 0.05) is 35.1 Å². The van der Waals surface area contributed by atoms with Crippen molar-refractivity contribution in [3.05, 3.63) is 96.1 Å². The Bertz CT molecular complexity index is 1420. The molecule has 0 aliphatic heterocycles. The molecular weight excluding hydrogens is 424 g/mol. The van der Waals surface area contributed by atoms with Gasteiger partial charge >= 0.3 is 0 Å². The van der Waals surface area contributed by atoms with Gasteiger partial charge in [-0.15, -0.1) is 11.6 Å². The van der Waals surface area contributed by atoms with E-state index in [1.54, 1.807) is 39.9 Å². The predicted octanol–water partition coefficient (Wildman–Crippen LogP) is 4.88. The Morgan fingerprint density at radius 2 is 1.91 bits per heavy atom. The molecule has 5 aromatic rings.